The summed E-state index contributed by atoms with van der Waals surface area (Å²) in [5, 5.41) is 8.43. The van der Waals surface area contributed by atoms with E-state index in [2.05, 4.69) is 4.99 Å². The third-order valence-corrected chi connectivity index (χ3v) is 1.71. The van der Waals surface area contributed by atoms with Crippen LogP contribution in [0.1, 0.15) is 6.42 Å². The van der Waals surface area contributed by atoms with Crippen molar-refractivity contribution >= 4 is 17.6 Å². The van der Waals surface area contributed by atoms with E-state index in [0.29, 0.717) is 5.71 Å². The van der Waals surface area contributed by atoms with Crippen LogP contribution in [0.25, 0.3) is 0 Å². The molecular formula is C8H10N2O3. The van der Waals surface area contributed by atoms with Gasteiger partial charge in [-0.3, -0.25) is 14.6 Å². The van der Waals surface area contributed by atoms with Gasteiger partial charge in [0.2, 0.25) is 5.91 Å². The molecule has 1 rings (SSSR count). The molecule has 13 heavy (non-hydrogen) atoms. The van der Waals surface area contributed by atoms with Crippen LogP contribution >= 0.6 is 0 Å². The quantitative estimate of drug-likeness (QED) is 0.620. The average Bonchev–Trinajstić information content (AvgIpc) is 2.04. The van der Waals surface area contributed by atoms with Crippen molar-refractivity contribution in [2.45, 2.75) is 6.42 Å². The van der Waals surface area contributed by atoms with Crippen LogP contribution in [0.15, 0.2) is 17.1 Å². The highest BCUT2D eigenvalue weighted by atomic mass is 16.4. The van der Waals surface area contributed by atoms with Gasteiger partial charge in [-0.15, -0.1) is 0 Å². The van der Waals surface area contributed by atoms with Crippen molar-refractivity contribution in [2.75, 3.05) is 6.54 Å². The van der Waals surface area contributed by atoms with Crippen LogP contribution in [-0.4, -0.2) is 29.2 Å². The maximum Gasteiger partial charge on any atom is 0.309 e. The molecule has 1 heterocycles. The molecule has 1 unspecified atom stereocenters. The third kappa shape index (κ3) is 2.70. The fourth-order valence-corrected chi connectivity index (χ4v) is 1.01. The molecule has 0 bridgehead atoms. The number of nitrogens with zero attached hydrogens (tertiary/aromatic N) is 1. The van der Waals surface area contributed by atoms with E-state index < -0.39 is 17.8 Å². The number of carbonyl (C=O) groups is 2. The number of primary amides is 1. The lowest BCUT2D eigenvalue weighted by molar-refractivity contribution is -0.135. The smallest absolute Gasteiger partial charge is 0.309 e. The third-order valence-electron chi connectivity index (χ3n) is 1.71. The van der Waals surface area contributed by atoms with Gasteiger partial charge in [-0.2, -0.15) is 0 Å². The topological polar surface area (TPSA) is 92.8 Å². The summed E-state index contributed by atoms with van der Waals surface area (Å²) < 4.78 is 0. The second kappa shape index (κ2) is 3.84. The number of rotatable bonds is 3. The van der Waals surface area contributed by atoms with Crippen LogP contribution in [0.4, 0.5) is 0 Å². The van der Waals surface area contributed by atoms with Crippen molar-refractivity contribution in [3.05, 3.63) is 12.2 Å². The Hall–Kier alpha value is -1.65. The van der Waals surface area contributed by atoms with Crippen molar-refractivity contribution < 1.29 is 14.7 Å². The number of aliphatic carboxylic acids is 1. The molecule has 70 valence electrons. The number of dihydropyridines is 1. The van der Waals surface area contributed by atoms with Crippen molar-refractivity contribution in [3.8, 4) is 0 Å². The molecule has 5 heteroatoms. The summed E-state index contributed by atoms with van der Waals surface area (Å²) in [4.78, 5) is 24.9. The van der Waals surface area contributed by atoms with Gasteiger partial charge in [0, 0.05) is 5.71 Å². The van der Waals surface area contributed by atoms with E-state index in [4.69, 9.17) is 10.8 Å². The molecule has 1 aliphatic rings. The number of carboxylic acids is 1. The number of nitrogens with two attached hydrogens (primary N) is 1. The molecule has 0 aliphatic carbocycles. The number of aliphatic imine (C=N–C) groups is 1. The van der Waals surface area contributed by atoms with Gasteiger partial charge in [0.05, 0.1) is 18.9 Å². The van der Waals surface area contributed by atoms with E-state index >= 15 is 0 Å². The van der Waals surface area contributed by atoms with E-state index in [-0.39, 0.29) is 13.0 Å². The lowest BCUT2D eigenvalue weighted by Gasteiger charge is -2.10. The lowest BCUT2D eigenvalue weighted by atomic mass is 10.0. The Bertz CT molecular complexity index is 294. The van der Waals surface area contributed by atoms with Gasteiger partial charge < -0.3 is 10.8 Å². The first-order valence-corrected chi connectivity index (χ1v) is 3.82. The average molecular weight is 182 g/mol. The molecule has 0 aromatic heterocycles. The molecule has 1 atom stereocenters. The first kappa shape index (κ1) is 9.44. The zero-order valence-electron chi connectivity index (χ0n) is 6.93. The molecule has 0 saturated heterocycles. The number of hydrogen-bond acceptors (Lipinski definition) is 3. The summed E-state index contributed by atoms with van der Waals surface area (Å²) in [5.41, 5.74) is 5.51. The summed E-state index contributed by atoms with van der Waals surface area (Å²) in [5.74, 6) is -1.76. The summed E-state index contributed by atoms with van der Waals surface area (Å²) in [7, 11) is 0. The molecule has 3 N–H and O–H groups in total. The van der Waals surface area contributed by atoms with E-state index in [1.54, 1.807) is 6.08 Å². The highest BCUT2D eigenvalue weighted by Gasteiger charge is 2.15. The van der Waals surface area contributed by atoms with E-state index in [0.717, 1.165) is 0 Å². The molecule has 1 amide bonds. The Morgan fingerprint density at radius 2 is 2.38 bits per heavy atom. The predicted molar refractivity (Wildman–Crippen MR) is 46.4 cm³/mol. The van der Waals surface area contributed by atoms with Gasteiger partial charge in [0.25, 0.3) is 0 Å². The normalized spacial score (nSPS) is 20.9. The largest absolute Gasteiger partial charge is 0.481 e. The van der Waals surface area contributed by atoms with Gasteiger partial charge in [0.15, 0.2) is 0 Å². The minimum absolute atomic E-state index is 0.109. The fourth-order valence-electron chi connectivity index (χ4n) is 1.01. The number of carbonyl (C=O) groups excluding carboxylic acids is 1. The first-order valence-electron chi connectivity index (χ1n) is 3.82. The maximum absolute atomic E-state index is 10.7. The number of carboxylic acid groups (broad SMARTS) is 1. The van der Waals surface area contributed by atoms with Gasteiger partial charge in [-0.1, -0.05) is 6.08 Å². The second-order valence-corrected chi connectivity index (χ2v) is 2.77. The molecule has 0 saturated carbocycles. The lowest BCUT2D eigenvalue weighted by Crippen LogP contribution is -2.26. The maximum atomic E-state index is 10.7. The molecule has 0 fully saturated rings. The molecule has 0 radical (unpaired) electrons. The Balaban J connectivity index is 2.55. The number of hydrogen-bond donors (Lipinski definition) is 2. The number of amides is 1. The van der Waals surface area contributed by atoms with Crippen LogP contribution in [0.3, 0.4) is 0 Å². The van der Waals surface area contributed by atoms with Crippen molar-refractivity contribution in [1.29, 1.82) is 0 Å². The van der Waals surface area contributed by atoms with Crippen LogP contribution < -0.4 is 5.73 Å². The van der Waals surface area contributed by atoms with Crippen molar-refractivity contribution in [1.82, 2.24) is 0 Å². The summed E-state index contributed by atoms with van der Waals surface area (Å²) in [6, 6.07) is 0. The Kier molecular flexibility index (Phi) is 2.79. The van der Waals surface area contributed by atoms with Crippen LogP contribution in [0, 0.1) is 5.92 Å². The van der Waals surface area contributed by atoms with Crippen LogP contribution in [0.2, 0.25) is 0 Å². The van der Waals surface area contributed by atoms with Gasteiger partial charge in [0.1, 0.15) is 0 Å². The van der Waals surface area contributed by atoms with Gasteiger partial charge in [-0.05, 0) is 6.08 Å². The Morgan fingerprint density at radius 3 is 2.77 bits per heavy atom. The van der Waals surface area contributed by atoms with Crippen molar-refractivity contribution in [3.63, 3.8) is 0 Å². The Labute approximate surface area is 75.0 Å². The van der Waals surface area contributed by atoms with Gasteiger partial charge in [-0.25, -0.2) is 0 Å². The molecular weight excluding hydrogens is 172 g/mol. The fraction of sp³-hybridized carbons (Fsp3) is 0.375. The van der Waals surface area contributed by atoms with Crippen LogP contribution in [0.5, 0.6) is 0 Å². The van der Waals surface area contributed by atoms with E-state index in [1.165, 1.54) is 6.08 Å². The molecule has 5 nitrogen and oxygen atoms in total. The van der Waals surface area contributed by atoms with E-state index in [9.17, 15) is 9.59 Å². The second-order valence-electron chi connectivity index (χ2n) is 2.77. The SMILES string of the molecule is NC(=O)C1C=CC(CC(=O)O)=NC1. The zero-order valence-corrected chi connectivity index (χ0v) is 6.93. The van der Waals surface area contributed by atoms with E-state index in [1.807, 2.05) is 0 Å². The first-order chi connectivity index (χ1) is 6.09. The minimum atomic E-state index is -0.930. The molecule has 0 aromatic carbocycles. The predicted octanol–water partition coefficient (Wildman–Crippen LogP) is -0.427. The molecule has 0 aromatic rings. The highest BCUT2D eigenvalue weighted by Crippen LogP contribution is 2.07. The minimum Gasteiger partial charge on any atom is -0.481 e. The summed E-state index contributed by atoms with van der Waals surface area (Å²) in [6.45, 7) is 0.258. The molecule has 1 aliphatic heterocycles. The zero-order chi connectivity index (χ0) is 9.84. The summed E-state index contributed by atoms with van der Waals surface area (Å²) in [6.07, 6.45) is 3.02. The summed E-state index contributed by atoms with van der Waals surface area (Å²) >= 11 is 0. The Morgan fingerprint density at radius 1 is 1.69 bits per heavy atom. The van der Waals surface area contributed by atoms with Crippen LogP contribution in [-0.2, 0) is 9.59 Å². The standard InChI is InChI=1S/C8H10N2O3/c9-8(13)5-1-2-6(10-4-5)3-7(11)12/h1-2,5H,3-4H2,(H2,9,13)(H,11,12). The van der Waals surface area contributed by atoms with Crippen molar-refractivity contribution in [2.24, 2.45) is 16.6 Å². The number of allylic oxidation sites excluding steroid dienone is 1. The highest BCUT2D eigenvalue weighted by molar-refractivity contribution is 6.06. The monoisotopic (exact) mass is 182 g/mol. The van der Waals surface area contributed by atoms with Gasteiger partial charge >= 0.3 is 5.97 Å². The molecule has 0 spiro atoms.